The molecule has 3 aromatic heterocycles. The molecule has 1 aliphatic rings. The number of carbonyl (C=O) groups excluding carboxylic acids is 1. The van der Waals surface area contributed by atoms with Gasteiger partial charge in [-0.2, -0.15) is 0 Å². The van der Waals surface area contributed by atoms with Crippen LogP contribution in [0.25, 0.3) is 22.6 Å². The molecule has 32 heavy (non-hydrogen) atoms. The maximum atomic E-state index is 12.7. The lowest BCUT2D eigenvalue weighted by molar-refractivity contribution is 0.164. The number of urea groups is 1. The normalized spacial score (nSPS) is 14.7. The van der Waals surface area contributed by atoms with Crippen molar-refractivity contribution in [3.05, 3.63) is 52.8 Å². The summed E-state index contributed by atoms with van der Waals surface area (Å²) in [6.45, 7) is 8.73. The van der Waals surface area contributed by atoms with Gasteiger partial charge in [0.25, 0.3) is 5.56 Å². The fourth-order valence-corrected chi connectivity index (χ4v) is 3.65. The number of nitrogens with one attached hydrogen (secondary N) is 1. The van der Waals surface area contributed by atoms with E-state index in [0.717, 1.165) is 24.4 Å². The maximum absolute atomic E-state index is 12.7. The van der Waals surface area contributed by atoms with E-state index in [-0.39, 0.29) is 23.6 Å². The van der Waals surface area contributed by atoms with E-state index in [4.69, 9.17) is 4.42 Å². The van der Waals surface area contributed by atoms with Gasteiger partial charge in [-0.3, -0.25) is 10.1 Å². The van der Waals surface area contributed by atoms with Crippen LogP contribution in [-0.4, -0.2) is 63.6 Å². The third-order valence-corrected chi connectivity index (χ3v) is 5.58. The minimum atomic E-state index is -0.221. The number of piperazine rings is 1. The van der Waals surface area contributed by atoms with Gasteiger partial charge in [-0.05, 0) is 46.0 Å². The lowest BCUT2D eigenvalue weighted by atomic mass is 10.1. The van der Waals surface area contributed by atoms with Gasteiger partial charge in [0.2, 0.25) is 5.95 Å². The van der Waals surface area contributed by atoms with Crippen LogP contribution in [0, 0.1) is 6.92 Å². The molecule has 2 amide bonds. The molecular weight excluding hydrogens is 408 g/mol. The third-order valence-electron chi connectivity index (χ3n) is 5.58. The quantitative estimate of drug-likeness (QED) is 0.675. The second-order valence-corrected chi connectivity index (χ2v) is 8.34. The Bertz CT molecular complexity index is 1170. The average molecular weight is 437 g/mol. The summed E-state index contributed by atoms with van der Waals surface area (Å²) in [5.41, 5.74) is 1.98. The van der Waals surface area contributed by atoms with Gasteiger partial charge in [-0.1, -0.05) is 0 Å². The van der Waals surface area contributed by atoms with Crippen LogP contribution in [-0.2, 0) is 0 Å². The maximum Gasteiger partial charge on any atom is 0.324 e. The number of nitrogens with zero attached hydrogens (tertiary/aromatic N) is 5. The molecule has 0 aliphatic carbocycles. The second kappa shape index (κ2) is 8.96. The third kappa shape index (κ3) is 4.57. The van der Waals surface area contributed by atoms with Crippen molar-refractivity contribution < 1.29 is 9.21 Å². The zero-order chi connectivity index (χ0) is 22.8. The summed E-state index contributed by atoms with van der Waals surface area (Å²) in [7, 11) is 2.04. The Morgan fingerprint density at radius 3 is 2.53 bits per heavy atom. The van der Waals surface area contributed by atoms with Crippen molar-refractivity contribution in [3.63, 3.8) is 0 Å². The molecule has 9 heteroatoms. The predicted octanol–water partition coefficient (Wildman–Crippen LogP) is 3.23. The van der Waals surface area contributed by atoms with Crippen LogP contribution in [0.5, 0.6) is 0 Å². The van der Waals surface area contributed by atoms with E-state index in [1.165, 1.54) is 6.07 Å². The molecule has 4 heterocycles. The predicted molar refractivity (Wildman–Crippen MR) is 123 cm³/mol. The number of pyridine rings is 1. The Hall–Kier alpha value is -3.46. The minimum Gasteiger partial charge on any atom is -0.460 e. The van der Waals surface area contributed by atoms with Crippen LogP contribution in [0.2, 0.25) is 0 Å². The summed E-state index contributed by atoms with van der Waals surface area (Å²) in [5, 5.41) is 2.81. The average Bonchev–Trinajstić information content (AvgIpc) is 3.20. The molecular formula is C23H28N6O3. The highest BCUT2D eigenvalue weighted by Gasteiger charge is 2.21. The van der Waals surface area contributed by atoms with E-state index in [1.807, 2.05) is 40.0 Å². The second-order valence-electron chi connectivity index (χ2n) is 8.34. The Morgan fingerprint density at radius 1 is 1.12 bits per heavy atom. The standard InChI is InChI=1S/C23H28N6O3/c1-15(2)29-14-17(6-8-20(29)30)18-13-24-22(25-21(18)19-7-5-16(3)32-19)26-23(31)28-11-9-27(4)10-12-28/h5-8,13-15H,9-12H2,1-4H3,(H,24,25,26,31). The smallest absolute Gasteiger partial charge is 0.324 e. The molecule has 0 spiro atoms. The number of rotatable bonds is 4. The number of hydrogen-bond donors (Lipinski definition) is 1. The van der Waals surface area contributed by atoms with Gasteiger partial charge in [0.15, 0.2) is 5.76 Å². The highest BCUT2D eigenvalue weighted by Crippen LogP contribution is 2.32. The summed E-state index contributed by atoms with van der Waals surface area (Å²) in [6.07, 6.45) is 3.46. The van der Waals surface area contributed by atoms with Crippen LogP contribution >= 0.6 is 0 Å². The summed E-state index contributed by atoms with van der Waals surface area (Å²) >= 11 is 0. The summed E-state index contributed by atoms with van der Waals surface area (Å²) in [6, 6.07) is 6.78. The van der Waals surface area contributed by atoms with Gasteiger partial charge >= 0.3 is 6.03 Å². The molecule has 1 saturated heterocycles. The highest BCUT2D eigenvalue weighted by molar-refractivity contribution is 5.88. The zero-order valence-electron chi connectivity index (χ0n) is 18.8. The molecule has 0 atom stereocenters. The van der Waals surface area contributed by atoms with Crippen molar-refractivity contribution in [3.8, 4) is 22.6 Å². The summed E-state index contributed by atoms with van der Waals surface area (Å²) in [5.74, 6) is 1.52. The van der Waals surface area contributed by atoms with Gasteiger partial charge in [0, 0.05) is 61.8 Å². The van der Waals surface area contributed by atoms with Crippen LogP contribution in [0.4, 0.5) is 10.7 Å². The molecule has 0 aromatic carbocycles. The number of hydrogen-bond acceptors (Lipinski definition) is 6. The highest BCUT2D eigenvalue weighted by atomic mass is 16.3. The van der Waals surface area contributed by atoms with Crippen molar-refractivity contribution in [1.29, 1.82) is 0 Å². The first-order chi connectivity index (χ1) is 15.3. The van der Waals surface area contributed by atoms with E-state index in [9.17, 15) is 9.59 Å². The van der Waals surface area contributed by atoms with Crippen LogP contribution in [0.3, 0.4) is 0 Å². The first-order valence-corrected chi connectivity index (χ1v) is 10.7. The number of furan rings is 1. The number of aromatic nitrogens is 3. The van der Waals surface area contributed by atoms with Gasteiger partial charge in [-0.25, -0.2) is 14.8 Å². The Labute approximate surface area is 186 Å². The summed E-state index contributed by atoms with van der Waals surface area (Å²) < 4.78 is 7.50. The van der Waals surface area contributed by atoms with E-state index < -0.39 is 0 Å². The molecule has 0 unspecified atom stereocenters. The molecule has 3 aromatic rings. The topological polar surface area (TPSA) is 96.5 Å². The van der Waals surface area contributed by atoms with Crippen molar-refractivity contribution in [2.75, 3.05) is 38.5 Å². The molecule has 9 nitrogen and oxygen atoms in total. The Morgan fingerprint density at radius 2 is 1.88 bits per heavy atom. The van der Waals surface area contributed by atoms with Crippen molar-refractivity contribution in [2.45, 2.75) is 26.8 Å². The van der Waals surface area contributed by atoms with Crippen molar-refractivity contribution in [1.82, 2.24) is 24.3 Å². The molecule has 4 rings (SSSR count). The fourth-order valence-electron chi connectivity index (χ4n) is 3.65. The Kier molecular flexibility index (Phi) is 6.09. The van der Waals surface area contributed by atoms with Crippen molar-refractivity contribution in [2.24, 2.45) is 0 Å². The zero-order valence-corrected chi connectivity index (χ0v) is 18.8. The van der Waals surface area contributed by atoms with E-state index in [0.29, 0.717) is 30.1 Å². The van der Waals surface area contributed by atoms with Crippen LogP contribution in [0.1, 0.15) is 25.6 Å². The largest absolute Gasteiger partial charge is 0.460 e. The molecule has 1 N–H and O–H groups in total. The van der Waals surface area contributed by atoms with Gasteiger partial charge in [-0.15, -0.1) is 0 Å². The van der Waals surface area contributed by atoms with Gasteiger partial charge < -0.3 is 18.8 Å². The lowest BCUT2D eigenvalue weighted by Crippen LogP contribution is -2.48. The first-order valence-electron chi connectivity index (χ1n) is 10.7. The number of aryl methyl sites for hydroxylation is 1. The summed E-state index contributed by atoms with van der Waals surface area (Å²) in [4.78, 5) is 37.8. The van der Waals surface area contributed by atoms with Crippen LogP contribution < -0.4 is 10.9 Å². The monoisotopic (exact) mass is 436 g/mol. The van der Waals surface area contributed by atoms with Crippen LogP contribution in [0.15, 0.2) is 45.9 Å². The van der Waals surface area contributed by atoms with Crippen molar-refractivity contribution >= 4 is 12.0 Å². The number of likely N-dealkylation sites (N-methyl/N-ethyl adjacent to an activating group) is 1. The molecule has 1 fully saturated rings. The van der Waals surface area contributed by atoms with E-state index >= 15 is 0 Å². The molecule has 168 valence electrons. The van der Waals surface area contributed by atoms with E-state index in [2.05, 4.69) is 20.2 Å². The Balaban J connectivity index is 1.70. The molecule has 0 radical (unpaired) electrons. The molecule has 0 bridgehead atoms. The van der Waals surface area contributed by atoms with Gasteiger partial charge in [0.1, 0.15) is 11.5 Å². The lowest BCUT2D eigenvalue weighted by Gasteiger charge is -2.32. The number of anilines is 1. The first kappa shape index (κ1) is 21.8. The SMILES string of the molecule is Cc1ccc(-c2nc(NC(=O)N3CCN(C)CC3)ncc2-c2ccc(=O)n(C(C)C)c2)o1. The minimum absolute atomic E-state index is 0.0137. The molecule has 1 aliphatic heterocycles. The number of carbonyl (C=O) groups is 1. The molecule has 0 saturated carbocycles. The van der Waals surface area contributed by atoms with E-state index in [1.54, 1.807) is 27.9 Å². The van der Waals surface area contributed by atoms with Gasteiger partial charge in [0.05, 0.1) is 0 Å². The number of amides is 2. The fraction of sp³-hybridized carbons (Fsp3) is 0.391.